The molecular formula is C11H11ClN2O2. The standard InChI is InChI=1S/C11H11ClN2O2/c12-10-2-1-8(7-14-10)3-5-13-9-4-6-16-11(9)15/h1-2,4,7,13H,3,5-6H2. The van der Waals surface area contributed by atoms with Gasteiger partial charge in [-0.3, -0.25) is 0 Å². The smallest absolute Gasteiger partial charge is 0.354 e. The van der Waals surface area contributed by atoms with E-state index in [2.05, 4.69) is 10.3 Å². The van der Waals surface area contributed by atoms with Gasteiger partial charge in [-0.2, -0.15) is 0 Å². The summed E-state index contributed by atoms with van der Waals surface area (Å²) in [5.41, 5.74) is 1.62. The summed E-state index contributed by atoms with van der Waals surface area (Å²) in [6.07, 6.45) is 4.25. The van der Waals surface area contributed by atoms with E-state index in [9.17, 15) is 4.79 Å². The van der Waals surface area contributed by atoms with Gasteiger partial charge in [0, 0.05) is 12.7 Å². The van der Waals surface area contributed by atoms with Crippen molar-refractivity contribution in [3.8, 4) is 0 Å². The van der Waals surface area contributed by atoms with Crippen molar-refractivity contribution < 1.29 is 9.53 Å². The Morgan fingerprint density at radius 1 is 1.50 bits per heavy atom. The van der Waals surface area contributed by atoms with Crippen LogP contribution in [0.4, 0.5) is 0 Å². The third kappa shape index (κ3) is 2.73. The van der Waals surface area contributed by atoms with Gasteiger partial charge >= 0.3 is 5.97 Å². The van der Waals surface area contributed by atoms with Crippen LogP contribution in [0.3, 0.4) is 0 Å². The average Bonchev–Trinajstić information content (AvgIpc) is 2.68. The Kier molecular flexibility index (Phi) is 3.41. The van der Waals surface area contributed by atoms with Crippen LogP contribution in [0.1, 0.15) is 5.56 Å². The number of rotatable bonds is 4. The van der Waals surface area contributed by atoms with Gasteiger partial charge in [0.15, 0.2) is 0 Å². The van der Waals surface area contributed by atoms with Crippen molar-refractivity contribution in [1.82, 2.24) is 10.3 Å². The molecule has 0 fully saturated rings. The Bertz CT molecular complexity index is 414. The number of aromatic nitrogens is 1. The van der Waals surface area contributed by atoms with Crippen LogP contribution >= 0.6 is 11.6 Å². The molecule has 0 bridgehead atoms. The number of esters is 1. The lowest BCUT2D eigenvalue weighted by Gasteiger charge is -2.04. The molecule has 0 saturated heterocycles. The molecule has 0 unspecified atom stereocenters. The molecule has 4 nitrogen and oxygen atoms in total. The number of carbonyl (C=O) groups excluding carboxylic acids is 1. The van der Waals surface area contributed by atoms with Crippen LogP contribution in [-0.4, -0.2) is 24.1 Å². The lowest BCUT2D eigenvalue weighted by atomic mass is 10.2. The zero-order chi connectivity index (χ0) is 11.4. The van der Waals surface area contributed by atoms with Crippen molar-refractivity contribution in [1.29, 1.82) is 0 Å². The number of ether oxygens (including phenoxy) is 1. The summed E-state index contributed by atoms with van der Waals surface area (Å²) in [5, 5.41) is 3.51. The molecule has 1 aromatic heterocycles. The molecule has 1 aliphatic rings. The summed E-state index contributed by atoms with van der Waals surface area (Å²) in [6.45, 7) is 1.04. The summed E-state index contributed by atoms with van der Waals surface area (Å²) in [5.74, 6) is -0.283. The van der Waals surface area contributed by atoms with Crippen molar-refractivity contribution in [2.75, 3.05) is 13.2 Å². The quantitative estimate of drug-likeness (QED) is 0.635. The number of nitrogens with zero attached hydrogens (tertiary/aromatic N) is 1. The first-order valence-electron chi connectivity index (χ1n) is 4.97. The topological polar surface area (TPSA) is 51.2 Å². The lowest BCUT2D eigenvalue weighted by molar-refractivity contribution is -0.136. The first-order chi connectivity index (χ1) is 7.75. The molecule has 1 aromatic rings. The number of carbonyl (C=O) groups is 1. The maximum Gasteiger partial charge on any atom is 0.354 e. The van der Waals surface area contributed by atoms with Crippen LogP contribution in [0.25, 0.3) is 0 Å². The lowest BCUT2D eigenvalue weighted by Crippen LogP contribution is -2.20. The zero-order valence-corrected chi connectivity index (χ0v) is 9.33. The average molecular weight is 239 g/mol. The van der Waals surface area contributed by atoms with Gasteiger partial charge in [-0.15, -0.1) is 0 Å². The maximum atomic E-state index is 11.1. The molecule has 0 saturated carbocycles. The molecule has 0 spiro atoms. The molecule has 0 aliphatic carbocycles. The van der Waals surface area contributed by atoms with Gasteiger partial charge in [0.2, 0.25) is 0 Å². The van der Waals surface area contributed by atoms with E-state index in [4.69, 9.17) is 16.3 Å². The summed E-state index contributed by atoms with van der Waals surface area (Å²) < 4.78 is 4.76. The molecule has 16 heavy (non-hydrogen) atoms. The highest BCUT2D eigenvalue weighted by molar-refractivity contribution is 6.29. The maximum absolute atomic E-state index is 11.1. The molecule has 0 atom stereocenters. The van der Waals surface area contributed by atoms with E-state index in [0.717, 1.165) is 12.0 Å². The van der Waals surface area contributed by atoms with E-state index in [1.165, 1.54) is 0 Å². The third-order valence-electron chi connectivity index (χ3n) is 2.24. The van der Waals surface area contributed by atoms with E-state index in [-0.39, 0.29) is 5.97 Å². The highest BCUT2D eigenvalue weighted by Gasteiger charge is 2.15. The second kappa shape index (κ2) is 4.99. The predicted molar refractivity (Wildman–Crippen MR) is 60.0 cm³/mol. The van der Waals surface area contributed by atoms with Crippen LogP contribution in [0, 0.1) is 0 Å². The minimum absolute atomic E-state index is 0.283. The minimum atomic E-state index is -0.283. The van der Waals surface area contributed by atoms with Crippen molar-refractivity contribution in [3.63, 3.8) is 0 Å². The van der Waals surface area contributed by atoms with Gasteiger partial charge in [0.05, 0.1) is 0 Å². The molecule has 1 N–H and O–H groups in total. The summed E-state index contributed by atoms with van der Waals surface area (Å²) >= 11 is 5.67. The highest BCUT2D eigenvalue weighted by atomic mass is 35.5. The first-order valence-corrected chi connectivity index (χ1v) is 5.35. The number of pyridine rings is 1. The summed E-state index contributed by atoms with van der Waals surface area (Å²) in [7, 11) is 0. The zero-order valence-electron chi connectivity index (χ0n) is 8.57. The van der Waals surface area contributed by atoms with Crippen LogP contribution in [0.5, 0.6) is 0 Å². The Morgan fingerprint density at radius 3 is 3.00 bits per heavy atom. The van der Waals surface area contributed by atoms with Crippen LogP contribution in [-0.2, 0) is 16.0 Å². The fourth-order valence-corrected chi connectivity index (χ4v) is 1.51. The van der Waals surface area contributed by atoms with Gasteiger partial charge < -0.3 is 10.1 Å². The monoisotopic (exact) mass is 238 g/mol. The largest absolute Gasteiger partial charge is 0.457 e. The number of nitrogens with one attached hydrogen (secondary N) is 1. The number of hydrogen-bond donors (Lipinski definition) is 1. The fourth-order valence-electron chi connectivity index (χ4n) is 1.40. The number of halogens is 1. The Labute approximate surface area is 98.3 Å². The molecule has 1 aliphatic heterocycles. The Morgan fingerprint density at radius 2 is 2.38 bits per heavy atom. The van der Waals surface area contributed by atoms with Gasteiger partial charge in [0.25, 0.3) is 0 Å². The number of hydrogen-bond acceptors (Lipinski definition) is 4. The van der Waals surface area contributed by atoms with E-state index in [1.54, 1.807) is 18.3 Å². The molecule has 5 heteroatoms. The van der Waals surface area contributed by atoms with Gasteiger partial charge in [-0.05, 0) is 24.1 Å². The first kappa shape index (κ1) is 11.0. The Balaban J connectivity index is 1.80. The van der Waals surface area contributed by atoms with Gasteiger partial charge in [-0.1, -0.05) is 17.7 Å². The normalized spacial score (nSPS) is 14.6. The van der Waals surface area contributed by atoms with Crippen LogP contribution in [0.2, 0.25) is 5.15 Å². The van der Waals surface area contributed by atoms with E-state index in [0.29, 0.717) is 24.0 Å². The molecule has 2 heterocycles. The predicted octanol–water partition coefficient (Wildman–Crippen LogP) is 1.31. The molecule has 0 amide bonds. The second-order valence-corrected chi connectivity index (χ2v) is 3.77. The van der Waals surface area contributed by atoms with Crippen LogP contribution < -0.4 is 5.32 Å². The fraction of sp³-hybridized carbons (Fsp3) is 0.273. The molecule has 0 aromatic carbocycles. The third-order valence-corrected chi connectivity index (χ3v) is 2.46. The highest BCUT2D eigenvalue weighted by Crippen LogP contribution is 2.06. The van der Waals surface area contributed by atoms with Crippen molar-refractivity contribution >= 4 is 17.6 Å². The van der Waals surface area contributed by atoms with Crippen molar-refractivity contribution in [2.24, 2.45) is 0 Å². The number of cyclic esters (lactones) is 1. The second-order valence-electron chi connectivity index (χ2n) is 3.38. The van der Waals surface area contributed by atoms with Gasteiger partial charge in [0.1, 0.15) is 17.5 Å². The van der Waals surface area contributed by atoms with Crippen molar-refractivity contribution in [3.05, 3.63) is 40.8 Å². The summed E-state index contributed by atoms with van der Waals surface area (Å²) in [4.78, 5) is 15.1. The molecule has 84 valence electrons. The molecule has 0 radical (unpaired) electrons. The Hall–Kier alpha value is -1.55. The van der Waals surface area contributed by atoms with Crippen molar-refractivity contribution in [2.45, 2.75) is 6.42 Å². The molecule has 2 rings (SSSR count). The van der Waals surface area contributed by atoms with E-state index < -0.39 is 0 Å². The van der Waals surface area contributed by atoms with E-state index in [1.807, 2.05) is 6.07 Å². The van der Waals surface area contributed by atoms with Crippen LogP contribution in [0.15, 0.2) is 30.1 Å². The molecular weight excluding hydrogens is 228 g/mol. The summed E-state index contributed by atoms with van der Waals surface area (Å²) in [6, 6.07) is 3.67. The SMILES string of the molecule is O=C1OCC=C1NCCc1ccc(Cl)nc1. The van der Waals surface area contributed by atoms with Gasteiger partial charge in [-0.25, -0.2) is 9.78 Å². The van der Waals surface area contributed by atoms with E-state index >= 15 is 0 Å². The minimum Gasteiger partial charge on any atom is -0.457 e.